The lowest BCUT2D eigenvalue weighted by Gasteiger charge is -2.16. The van der Waals surface area contributed by atoms with Gasteiger partial charge in [0.1, 0.15) is 17.3 Å². The molecule has 0 radical (unpaired) electrons. The molecular weight excluding hydrogens is 342 g/mol. The largest absolute Gasteiger partial charge is 0.373 e. The molecule has 0 aliphatic rings. The number of nitrogens with zero attached hydrogens (tertiary/aromatic N) is 1. The van der Waals surface area contributed by atoms with E-state index in [0.29, 0.717) is 6.07 Å². The van der Waals surface area contributed by atoms with Crippen LogP contribution in [-0.2, 0) is 9.84 Å². The number of anilines is 1. The molecule has 0 spiro atoms. The fraction of sp³-hybridized carbons (Fsp3) is 0.200. The molecule has 0 bridgehead atoms. The molecule has 2 rings (SSSR count). The summed E-state index contributed by atoms with van der Waals surface area (Å²) in [5.41, 5.74) is -0.297. The Balaban J connectivity index is 2.40. The first-order valence-electron chi connectivity index (χ1n) is 6.79. The van der Waals surface area contributed by atoms with Crippen LogP contribution in [0.5, 0.6) is 0 Å². The topological polar surface area (TPSA) is 89.3 Å². The van der Waals surface area contributed by atoms with E-state index in [9.17, 15) is 27.3 Å². The fourth-order valence-electron chi connectivity index (χ4n) is 2.18. The van der Waals surface area contributed by atoms with Crippen molar-refractivity contribution in [3.05, 3.63) is 63.7 Å². The van der Waals surface area contributed by atoms with Crippen LogP contribution in [0, 0.1) is 21.7 Å². The van der Waals surface area contributed by atoms with Gasteiger partial charge in [0.15, 0.2) is 9.84 Å². The van der Waals surface area contributed by atoms with Gasteiger partial charge in [0, 0.05) is 24.0 Å². The summed E-state index contributed by atoms with van der Waals surface area (Å²) in [7, 11) is -3.60. The molecule has 24 heavy (non-hydrogen) atoms. The van der Waals surface area contributed by atoms with Crippen molar-refractivity contribution in [2.45, 2.75) is 17.9 Å². The Hall–Kier alpha value is -2.55. The van der Waals surface area contributed by atoms with Gasteiger partial charge in [0.25, 0.3) is 5.69 Å². The predicted octanol–water partition coefficient (Wildman–Crippen LogP) is 3.45. The van der Waals surface area contributed by atoms with Crippen molar-refractivity contribution in [3.63, 3.8) is 0 Å². The van der Waals surface area contributed by atoms with Crippen LogP contribution in [0.1, 0.15) is 18.5 Å². The maximum atomic E-state index is 13.8. The van der Waals surface area contributed by atoms with E-state index in [4.69, 9.17) is 0 Å². The lowest BCUT2D eigenvalue weighted by molar-refractivity contribution is -0.384. The highest BCUT2D eigenvalue weighted by Gasteiger charge is 2.21. The summed E-state index contributed by atoms with van der Waals surface area (Å²) >= 11 is 0. The Bertz CT molecular complexity index is 900. The van der Waals surface area contributed by atoms with Gasteiger partial charge in [-0.05, 0) is 25.1 Å². The summed E-state index contributed by atoms with van der Waals surface area (Å²) in [4.78, 5) is 10.3. The van der Waals surface area contributed by atoms with Crippen molar-refractivity contribution in [1.29, 1.82) is 0 Å². The minimum absolute atomic E-state index is 0.0311. The summed E-state index contributed by atoms with van der Waals surface area (Å²) in [5, 5.41) is 13.9. The highest BCUT2D eigenvalue weighted by atomic mass is 32.2. The average Bonchev–Trinajstić information content (AvgIpc) is 2.45. The number of benzene rings is 2. The Kier molecular flexibility index (Phi) is 4.83. The van der Waals surface area contributed by atoms with Gasteiger partial charge < -0.3 is 5.32 Å². The third kappa shape index (κ3) is 3.85. The molecule has 1 atom stereocenters. The molecule has 0 aromatic heterocycles. The van der Waals surface area contributed by atoms with E-state index in [2.05, 4.69) is 5.32 Å². The first-order valence-corrected chi connectivity index (χ1v) is 8.68. The Morgan fingerprint density at radius 3 is 2.38 bits per heavy atom. The average molecular weight is 356 g/mol. The highest BCUT2D eigenvalue weighted by Crippen LogP contribution is 2.31. The van der Waals surface area contributed by atoms with E-state index in [1.54, 1.807) is 6.92 Å². The number of sulfone groups is 1. The maximum Gasteiger partial charge on any atom is 0.293 e. The Morgan fingerprint density at radius 2 is 1.83 bits per heavy atom. The summed E-state index contributed by atoms with van der Waals surface area (Å²) in [6, 6.07) is 5.73. The van der Waals surface area contributed by atoms with E-state index in [1.807, 2.05) is 0 Å². The number of hydrogen-bond donors (Lipinski definition) is 1. The summed E-state index contributed by atoms with van der Waals surface area (Å²) in [6.45, 7) is 1.55. The second-order valence-corrected chi connectivity index (χ2v) is 7.26. The molecule has 0 amide bonds. The van der Waals surface area contributed by atoms with E-state index < -0.39 is 38.1 Å². The quantitative estimate of drug-likeness (QED) is 0.655. The number of nitro benzene ring substituents is 1. The third-order valence-corrected chi connectivity index (χ3v) is 4.51. The van der Waals surface area contributed by atoms with Crippen LogP contribution in [-0.4, -0.2) is 19.6 Å². The minimum atomic E-state index is -3.60. The van der Waals surface area contributed by atoms with Crippen LogP contribution < -0.4 is 5.32 Å². The molecule has 0 aliphatic heterocycles. The van der Waals surface area contributed by atoms with Crippen molar-refractivity contribution in [2.24, 2.45) is 0 Å². The van der Waals surface area contributed by atoms with Gasteiger partial charge in [-0.15, -0.1) is 0 Å². The van der Waals surface area contributed by atoms with Gasteiger partial charge in [-0.2, -0.15) is 0 Å². The van der Waals surface area contributed by atoms with Crippen molar-refractivity contribution in [1.82, 2.24) is 0 Å². The standard InChI is InChI=1S/C15H14F2N2O4S/c1-9(12-5-3-10(16)7-13(12)17)18-14-6-4-11(24(2,22)23)8-15(14)19(20)21/h3-9,18H,1-2H3/t9-/m0/s1. The molecule has 0 saturated heterocycles. The maximum absolute atomic E-state index is 13.8. The van der Waals surface area contributed by atoms with Crippen molar-refractivity contribution in [2.75, 3.05) is 11.6 Å². The minimum Gasteiger partial charge on any atom is -0.373 e. The summed E-state index contributed by atoms with van der Waals surface area (Å²) < 4.78 is 49.8. The molecule has 128 valence electrons. The van der Waals surface area contributed by atoms with Crippen molar-refractivity contribution < 1.29 is 22.1 Å². The lowest BCUT2D eigenvalue weighted by Crippen LogP contribution is -2.11. The monoisotopic (exact) mass is 356 g/mol. The molecule has 1 N–H and O–H groups in total. The van der Waals surface area contributed by atoms with E-state index in [-0.39, 0.29) is 16.1 Å². The molecule has 6 nitrogen and oxygen atoms in total. The fourth-order valence-corrected chi connectivity index (χ4v) is 2.82. The molecule has 0 fully saturated rings. The van der Waals surface area contributed by atoms with Crippen molar-refractivity contribution in [3.8, 4) is 0 Å². The smallest absolute Gasteiger partial charge is 0.293 e. The van der Waals surface area contributed by atoms with Crippen LogP contribution >= 0.6 is 0 Å². The van der Waals surface area contributed by atoms with Gasteiger partial charge >= 0.3 is 0 Å². The van der Waals surface area contributed by atoms with Crippen LogP contribution in [0.25, 0.3) is 0 Å². The molecule has 0 heterocycles. The number of nitro groups is 1. The second kappa shape index (κ2) is 6.52. The SMILES string of the molecule is C[C@H](Nc1ccc(S(C)(=O)=O)cc1[N+](=O)[O-])c1ccc(F)cc1F. The van der Waals surface area contributed by atoms with Crippen LogP contribution in [0.3, 0.4) is 0 Å². The van der Waals surface area contributed by atoms with Crippen LogP contribution in [0.15, 0.2) is 41.3 Å². The zero-order chi connectivity index (χ0) is 18.1. The first-order chi connectivity index (χ1) is 11.1. The zero-order valence-electron chi connectivity index (χ0n) is 12.8. The molecule has 0 saturated carbocycles. The van der Waals surface area contributed by atoms with Gasteiger partial charge in [0.05, 0.1) is 15.9 Å². The van der Waals surface area contributed by atoms with Crippen molar-refractivity contribution >= 4 is 21.2 Å². The molecule has 2 aromatic rings. The summed E-state index contributed by atoms with van der Waals surface area (Å²) in [6.07, 6.45) is 0.940. The van der Waals surface area contributed by atoms with E-state index >= 15 is 0 Å². The number of halogens is 2. The van der Waals surface area contributed by atoms with Crippen LogP contribution in [0.4, 0.5) is 20.2 Å². The number of hydrogen-bond acceptors (Lipinski definition) is 5. The third-order valence-electron chi connectivity index (χ3n) is 3.40. The van der Waals surface area contributed by atoms with Gasteiger partial charge in [-0.3, -0.25) is 10.1 Å². The molecule has 2 aromatic carbocycles. The number of rotatable bonds is 5. The molecular formula is C15H14F2N2O4S. The molecule has 9 heteroatoms. The second-order valence-electron chi connectivity index (χ2n) is 5.24. The Labute approximate surface area is 137 Å². The Morgan fingerprint density at radius 1 is 1.17 bits per heavy atom. The zero-order valence-corrected chi connectivity index (χ0v) is 13.6. The van der Waals surface area contributed by atoms with E-state index in [0.717, 1.165) is 18.4 Å². The number of nitrogens with one attached hydrogen (secondary N) is 1. The highest BCUT2D eigenvalue weighted by molar-refractivity contribution is 7.90. The first kappa shape index (κ1) is 17.8. The van der Waals surface area contributed by atoms with Gasteiger partial charge in [-0.1, -0.05) is 6.07 Å². The van der Waals surface area contributed by atoms with E-state index in [1.165, 1.54) is 18.2 Å². The molecule has 0 aliphatic carbocycles. The van der Waals surface area contributed by atoms with Crippen LogP contribution in [0.2, 0.25) is 0 Å². The van der Waals surface area contributed by atoms with Gasteiger partial charge in [-0.25, -0.2) is 17.2 Å². The normalized spacial score (nSPS) is 12.7. The predicted molar refractivity (Wildman–Crippen MR) is 84.6 cm³/mol. The molecule has 0 unspecified atom stereocenters. The van der Waals surface area contributed by atoms with Gasteiger partial charge in [0.2, 0.25) is 0 Å². The lowest BCUT2D eigenvalue weighted by atomic mass is 10.1. The summed E-state index contributed by atoms with van der Waals surface area (Å²) in [5.74, 6) is -1.52.